The van der Waals surface area contributed by atoms with E-state index in [9.17, 15) is 0 Å². The van der Waals surface area contributed by atoms with Crippen molar-refractivity contribution in [2.24, 2.45) is 0 Å². The normalized spacial score (nSPS) is 15.9. The average molecular weight is 456 g/mol. The molecule has 33 heavy (non-hydrogen) atoms. The molecule has 0 amide bonds. The van der Waals surface area contributed by atoms with Crippen LogP contribution in [-0.2, 0) is 17.7 Å². The van der Waals surface area contributed by atoms with E-state index >= 15 is 0 Å². The Morgan fingerprint density at radius 2 is 1.61 bits per heavy atom. The standard InChI is InChI=1S/C27H37NO5/c1-8-13-31-28-12-11-21-16-25(30-7)27(33-19(4)5)17-22(21)23(28)14-20-9-10-24(29-6)26(15-20)32-18(2)3/h8-10,15-19,23H,1,11-14H2,2-7H3. The molecule has 0 saturated heterocycles. The second-order valence-corrected chi connectivity index (χ2v) is 8.72. The number of rotatable bonds is 11. The quantitative estimate of drug-likeness (QED) is 0.415. The van der Waals surface area contributed by atoms with Gasteiger partial charge in [0.1, 0.15) is 0 Å². The Kier molecular flexibility index (Phi) is 8.64. The van der Waals surface area contributed by atoms with Gasteiger partial charge in [-0.15, -0.1) is 6.58 Å². The van der Waals surface area contributed by atoms with Gasteiger partial charge in [-0.2, -0.15) is 5.06 Å². The predicted octanol–water partition coefficient (Wildman–Crippen LogP) is 5.54. The Morgan fingerprint density at radius 1 is 0.939 bits per heavy atom. The third-order valence-corrected chi connectivity index (χ3v) is 5.47. The minimum absolute atomic E-state index is 0.00872. The molecular weight excluding hydrogens is 418 g/mol. The highest BCUT2D eigenvalue weighted by Gasteiger charge is 2.30. The maximum absolute atomic E-state index is 6.08. The largest absolute Gasteiger partial charge is 0.493 e. The van der Waals surface area contributed by atoms with Gasteiger partial charge in [-0.25, -0.2) is 0 Å². The highest BCUT2D eigenvalue weighted by molar-refractivity contribution is 5.50. The Labute approximate surface area is 198 Å². The first-order chi connectivity index (χ1) is 15.9. The van der Waals surface area contributed by atoms with Crippen molar-refractivity contribution in [1.29, 1.82) is 0 Å². The van der Waals surface area contributed by atoms with Crippen LogP contribution in [0.2, 0.25) is 0 Å². The lowest BCUT2D eigenvalue weighted by atomic mass is 9.89. The lowest BCUT2D eigenvalue weighted by Crippen LogP contribution is -2.37. The molecule has 0 N–H and O–H groups in total. The molecule has 2 aromatic carbocycles. The Balaban J connectivity index is 2.01. The van der Waals surface area contributed by atoms with E-state index < -0.39 is 0 Å². The fourth-order valence-electron chi connectivity index (χ4n) is 4.12. The summed E-state index contributed by atoms with van der Waals surface area (Å²) in [5.74, 6) is 2.99. The van der Waals surface area contributed by atoms with Gasteiger partial charge in [-0.05, 0) is 81.5 Å². The number of benzene rings is 2. The second kappa shape index (κ2) is 11.4. The van der Waals surface area contributed by atoms with Crippen molar-refractivity contribution in [1.82, 2.24) is 5.06 Å². The number of ether oxygens (including phenoxy) is 4. The molecule has 1 atom stereocenters. The molecular formula is C27H37NO5. The summed E-state index contributed by atoms with van der Waals surface area (Å²) in [7, 11) is 3.34. The van der Waals surface area contributed by atoms with Crippen molar-refractivity contribution in [2.45, 2.75) is 58.8 Å². The molecule has 2 aromatic rings. The van der Waals surface area contributed by atoms with Gasteiger partial charge < -0.3 is 18.9 Å². The summed E-state index contributed by atoms with van der Waals surface area (Å²) in [6.45, 7) is 13.1. The molecule has 6 nitrogen and oxygen atoms in total. The molecule has 0 saturated carbocycles. The first-order valence-corrected chi connectivity index (χ1v) is 11.6. The molecule has 1 aliphatic heterocycles. The number of hydrogen-bond acceptors (Lipinski definition) is 6. The molecule has 0 radical (unpaired) electrons. The molecule has 0 aromatic heterocycles. The predicted molar refractivity (Wildman–Crippen MR) is 131 cm³/mol. The summed E-state index contributed by atoms with van der Waals surface area (Å²) in [5, 5.41) is 2.06. The fraction of sp³-hybridized carbons (Fsp3) is 0.481. The van der Waals surface area contributed by atoms with Gasteiger partial charge in [0.2, 0.25) is 0 Å². The molecule has 1 aliphatic rings. The lowest BCUT2D eigenvalue weighted by molar-refractivity contribution is -0.182. The van der Waals surface area contributed by atoms with E-state index in [4.69, 9.17) is 23.8 Å². The van der Waals surface area contributed by atoms with E-state index in [2.05, 4.69) is 35.9 Å². The van der Waals surface area contributed by atoms with Crippen molar-refractivity contribution in [3.8, 4) is 23.0 Å². The molecule has 3 rings (SSSR count). The van der Waals surface area contributed by atoms with Crippen LogP contribution in [0.3, 0.4) is 0 Å². The van der Waals surface area contributed by atoms with Crippen LogP contribution in [0.1, 0.15) is 50.4 Å². The van der Waals surface area contributed by atoms with E-state index in [0.717, 1.165) is 47.9 Å². The van der Waals surface area contributed by atoms with Crippen molar-refractivity contribution in [3.63, 3.8) is 0 Å². The van der Waals surface area contributed by atoms with Crippen LogP contribution < -0.4 is 18.9 Å². The topological polar surface area (TPSA) is 49.4 Å². The van der Waals surface area contributed by atoms with Gasteiger partial charge in [-0.1, -0.05) is 12.1 Å². The number of methoxy groups -OCH3 is 2. The summed E-state index contributed by atoms with van der Waals surface area (Å²) < 4.78 is 23.2. The number of nitrogens with zero attached hydrogens (tertiary/aromatic N) is 1. The molecule has 0 bridgehead atoms. The van der Waals surface area contributed by atoms with Crippen molar-refractivity contribution in [3.05, 3.63) is 59.7 Å². The third kappa shape index (κ3) is 6.21. The highest BCUT2D eigenvalue weighted by atomic mass is 16.7. The SMILES string of the molecule is C=CCON1CCc2cc(OC)c(OC(C)C)cc2C1Cc1ccc(OC)c(OC(C)C)c1. The van der Waals surface area contributed by atoms with Gasteiger partial charge in [-0.3, -0.25) is 4.84 Å². The zero-order chi connectivity index (χ0) is 24.0. The van der Waals surface area contributed by atoms with E-state index in [1.165, 1.54) is 11.1 Å². The van der Waals surface area contributed by atoms with Crippen molar-refractivity contribution < 1.29 is 23.8 Å². The Bertz CT molecular complexity index is 940. The zero-order valence-electron chi connectivity index (χ0n) is 20.7. The van der Waals surface area contributed by atoms with Gasteiger partial charge in [0.25, 0.3) is 0 Å². The summed E-state index contributed by atoms with van der Waals surface area (Å²) in [4.78, 5) is 6.08. The van der Waals surface area contributed by atoms with Crippen LogP contribution in [0, 0.1) is 0 Å². The van der Waals surface area contributed by atoms with Crippen molar-refractivity contribution >= 4 is 0 Å². The monoisotopic (exact) mass is 455 g/mol. The zero-order valence-corrected chi connectivity index (χ0v) is 20.7. The Morgan fingerprint density at radius 3 is 2.21 bits per heavy atom. The molecule has 0 spiro atoms. The third-order valence-electron chi connectivity index (χ3n) is 5.47. The van der Waals surface area contributed by atoms with Crippen LogP contribution >= 0.6 is 0 Å². The van der Waals surface area contributed by atoms with Gasteiger partial charge in [0, 0.05) is 6.54 Å². The molecule has 180 valence electrons. The number of hydroxylamine groups is 2. The lowest BCUT2D eigenvalue weighted by Gasteiger charge is -2.37. The molecule has 1 heterocycles. The first kappa shape index (κ1) is 24.9. The molecule has 1 unspecified atom stereocenters. The van der Waals surface area contributed by atoms with Crippen LogP contribution in [0.4, 0.5) is 0 Å². The average Bonchev–Trinajstić information content (AvgIpc) is 2.77. The number of fused-ring (bicyclic) bond motifs is 1. The summed E-state index contributed by atoms with van der Waals surface area (Å²) >= 11 is 0. The number of hydrogen-bond donors (Lipinski definition) is 0. The van der Waals surface area contributed by atoms with E-state index in [-0.39, 0.29) is 18.2 Å². The highest BCUT2D eigenvalue weighted by Crippen LogP contribution is 2.41. The fourth-order valence-corrected chi connectivity index (χ4v) is 4.12. The smallest absolute Gasteiger partial charge is 0.161 e. The molecule has 6 heteroatoms. The molecule has 0 fully saturated rings. The van der Waals surface area contributed by atoms with Gasteiger partial charge in [0.15, 0.2) is 23.0 Å². The van der Waals surface area contributed by atoms with Crippen LogP contribution in [0.5, 0.6) is 23.0 Å². The minimum atomic E-state index is 0.00872. The van der Waals surface area contributed by atoms with Crippen LogP contribution in [0.15, 0.2) is 43.0 Å². The first-order valence-electron chi connectivity index (χ1n) is 11.6. The Hall–Kier alpha value is -2.70. The van der Waals surface area contributed by atoms with E-state index in [0.29, 0.717) is 6.61 Å². The van der Waals surface area contributed by atoms with Crippen LogP contribution in [0.25, 0.3) is 0 Å². The van der Waals surface area contributed by atoms with E-state index in [1.807, 2.05) is 33.8 Å². The van der Waals surface area contributed by atoms with Gasteiger partial charge in [0.05, 0.1) is 39.1 Å². The maximum Gasteiger partial charge on any atom is 0.161 e. The maximum atomic E-state index is 6.08. The van der Waals surface area contributed by atoms with E-state index in [1.54, 1.807) is 20.3 Å². The van der Waals surface area contributed by atoms with Crippen LogP contribution in [-0.4, -0.2) is 44.6 Å². The summed E-state index contributed by atoms with van der Waals surface area (Å²) in [5.41, 5.74) is 3.57. The van der Waals surface area contributed by atoms with Gasteiger partial charge >= 0.3 is 0 Å². The summed E-state index contributed by atoms with van der Waals surface area (Å²) in [6.07, 6.45) is 3.49. The minimum Gasteiger partial charge on any atom is -0.493 e. The molecule has 0 aliphatic carbocycles. The van der Waals surface area contributed by atoms with Crippen molar-refractivity contribution in [2.75, 3.05) is 27.4 Å². The summed E-state index contributed by atoms with van der Waals surface area (Å²) in [6, 6.07) is 10.3. The second-order valence-electron chi connectivity index (χ2n) is 8.72.